The number of nitrogens with one attached hydrogen (secondary N) is 1. The molecule has 1 aliphatic rings. The van der Waals surface area contributed by atoms with Crippen LogP contribution in [0.1, 0.15) is 22.3 Å². The number of aryl methyl sites for hydroxylation is 1. The lowest BCUT2D eigenvalue weighted by atomic mass is 9.96. The standard InChI is InChI=1S/C28H25ClF3NO6/c29-23-3-1-2-4-25(23)37-16-21(34)14-33-15-22-11-9-20-13-19(10-12-24(20)38-22)17-5-7-18(8-6-17)26(35)39-27(36)28(30,31)32/h1-8,10,12-13,21-22,33-34H,9,11,14-16H2/t21-,22+/m0/s1. The van der Waals surface area contributed by atoms with Crippen molar-refractivity contribution in [2.24, 2.45) is 0 Å². The van der Waals surface area contributed by atoms with E-state index < -0.39 is 24.2 Å². The van der Waals surface area contributed by atoms with E-state index >= 15 is 0 Å². The monoisotopic (exact) mass is 563 g/mol. The SMILES string of the molecule is O=C(OC(=O)C(F)(F)F)c1ccc(-c2ccc3c(c2)CC[C@H](CNC[C@H](O)COc2ccccc2Cl)O3)cc1. The lowest BCUT2D eigenvalue weighted by Crippen LogP contribution is -2.39. The molecule has 0 fully saturated rings. The average molecular weight is 564 g/mol. The van der Waals surface area contributed by atoms with Crippen LogP contribution in [0.25, 0.3) is 11.1 Å². The van der Waals surface area contributed by atoms with E-state index in [1.807, 2.05) is 18.2 Å². The molecule has 1 aliphatic heterocycles. The molecule has 0 saturated heterocycles. The highest BCUT2D eigenvalue weighted by Gasteiger charge is 2.42. The first-order valence-electron chi connectivity index (χ1n) is 12.1. The fourth-order valence-electron chi connectivity index (χ4n) is 3.99. The maximum absolute atomic E-state index is 12.3. The first-order valence-corrected chi connectivity index (χ1v) is 12.5. The maximum Gasteiger partial charge on any atom is 0.491 e. The van der Waals surface area contributed by atoms with E-state index in [4.69, 9.17) is 21.1 Å². The summed E-state index contributed by atoms with van der Waals surface area (Å²) in [4.78, 5) is 22.7. The molecule has 2 atom stereocenters. The second-order valence-corrected chi connectivity index (χ2v) is 9.31. The number of rotatable bonds is 9. The second kappa shape index (κ2) is 12.5. The molecule has 4 rings (SSSR count). The number of aliphatic hydroxyl groups excluding tert-OH is 1. The maximum atomic E-state index is 12.3. The molecule has 0 spiro atoms. The smallest absolute Gasteiger partial charge is 0.489 e. The summed E-state index contributed by atoms with van der Waals surface area (Å²) in [6.07, 6.45) is -4.53. The summed E-state index contributed by atoms with van der Waals surface area (Å²) in [6, 6.07) is 18.4. The zero-order chi connectivity index (χ0) is 28.0. The van der Waals surface area contributed by atoms with Crippen LogP contribution < -0.4 is 14.8 Å². The fraction of sp³-hybridized carbons (Fsp3) is 0.286. The number of carbonyl (C=O) groups is 2. The molecule has 2 N–H and O–H groups in total. The van der Waals surface area contributed by atoms with Crippen molar-refractivity contribution in [3.8, 4) is 22.6 Å². The van der Waals surface area contributed by atoms with Crippen LogP contribution in [-0.2, 0) is 16.0 Å². The van der Waals surface area contributed by atoms with Crippen LogP contribution in [-0.4, -0.2) is 55.1 Å². The van der Waals surface area contributed by atoms with Gasteiger partial charge >= 0.3 is 18.1 Å². The van der Waals surface area contributed by atoms with Crippen molar-refractivity contribution in [1.82, 2.24) is 5.32 Å². The summed E-state index contributed by atoms with van der Waals surface area (Å²) >= 11 is 6.05. The van der Waals surface area contributed by atoms with E-state index in [9.17, 15) is 27.9 Å². The number of benzene rings is 3. The van der Waals surface area contributed by atoms with E-state index in [0.29, 0.717) is 23.9 Å². The van der Waals surface area contributed by atoms with E-state index in [0.717, 1.165) is 35.3 Å². The molecule has 7 nitrogen and oxygen atoms in total. The van der Waals surface area contributed by atoms with Crippen LogP contribution in [0.2, 0.25) is 5.02 Å². The minimum atomic E-state index is -5.25. The number of carbonyl (C=O) groups excluding carboxylic acids is 2. The highest BCUT2D eigenvalue weighted by Crippen LogP contribution is 2.32. The van der Waals surface area contributed by atoms with Gasteiger partial charge in [-0.3, -0.25) is 0 Å². The lowest BCUT2D eigenvalue weighted by molar-refractivity contribution is -0.193. The molecule has 0 amide bonds. The first kappa shape index (κ1) is 28.4. The normalized spacial score (nSPS) is 15.6. The number of hydrogen-bond acceptors (Lipinski definition) is 7. The van der Waals surface area contributed by atoms with Crippen LogP contribution >= 0.6 is 11.6 Å². The quantitative estimate of drug-likeness (QED) is 0.280. The van der Waals surface area contributed by atoms with Crippen molar-refractivity contribution in [1.29, 1.82) is 0 Å². The molecule has 0 saturated carbocycles. The van der Waals surface area contributed by atoms with Gasteiger partial charge in [0.1, 0.15) is 30.3 Å². The van der Waals surface area contributed by atoms with Crippen LogP contribution in [0.15, 0.2) is 66.7 Å². The van der Waals surface area contributed by atoms with Gasteiger partial charge in [0.25, 0.3) is 0 Å². The van der Waals surface area contributed by atoms with E-state index in [2.05, 4.69) is 10.1 Å². The molecule has 0 bridgehead atoms. The Balaban J connectivity index is 1.26. The number of ether oxygens (including phenoxy) is 3. The third kappa shape index (κ3) is 7.72. The molecule has 1 heterocycles. The first-order chi connectivity index (χ1) is 18.6. The minimum Gasteiger partial charge on any atom is -0.489 e. The Bertz CT molecular complexity index is 1320. The van der Waals surface area contributed by atoms with Crippen molar-refractivity contribution in [2.45, 2.75) is 31.2 Å². The van der Waals surface area contributed by atoms with Gasteiger partial charge in [-0.1, -0.05) is 41.9 Å². The predicted octanol–water partition coefficient (Wildman–Crippen LogP) is 4.98. The topological polar surface area (TPSA) is 94.1 Å². The molecular weight excluding hydrogens is 539 g/mol. The Labute approximate surface area is 227 Å². The van der Waals surface area contributed by atoms with Gasteiger partial charge in [-0.25, -0.2) is 9.59 Å². The minimum absolute atomic E-state index is 0.0789. The molecule has 206 valence electrons. The summed E-state index contributed by atoms with van der Waals surface area (Å²) in [5.41, 5.74) is 2.39. The van der Waals surface area contributed by atoms with Crippen LogP contribution in [0.5, 0.6) is 11.5 Å². The average Bonchev–Trinajstić information content (AvgIpc) is 2.92. The zero-order valence-electron chi connectivity index (χ0n) is 20.5. The van der Waals surface area contributed by atoms with Gasteiger partial charge in [-0.15, -0.1) is 0 Å². The van der Waals surface area contributed by atoms with Gasteiger partial charge in [-0.2, -0.15) is 13.2 Å². The fourth-order valence-corrected chi connectivity index (χ4v) is 4.18. The summed E-state index contributed by atoms with van der Waals surface area (Å²) < 4.78 is 52.4. The van der Waals surface area contributed by atoms with Gasteiger partial charge in [0.05, 0.1) is 10.6 Å². The highest BCUT2D eigenvalue weighted by atomic mass is 35.5. The number of esters is 2. The van der Waals surface area contributed by atoms with Gasteiger partial charge in [0.2, 0.25) is 0 Å². The van der Waals surface area contributed by atoms with Crippen molar-refractivity contribution in [3.05, 3.63) is 82.9 Å². The van der Waals surface area contributed by atoms with Crippen LogP contribution in [0.4, 0.5) is 13.2 Å². The molecule has 0 aliphatic carbocycles. The number of halogens is 4. The number of fused-ring (bicyclic) bond motifs is 1. The van der Waals surface area contributed by atoms with E-state index in [1.165, 1.54) is 12.1 Å². The third-order valence-corrected chi connectivity index (χ3v) is 6.29. The predicted molar refractivity (Wildman–Crippen MR) is 137 cm³/mol. The molecule has 3 aromatic carbocycles. The van der Waals surface area contributed by atoms with E-state index in [1.54, 1.807) is 36.4 Å². The summed E-state index contributed by atoms with van der Waals surface area (Å²) in [7, 11) is 0. The molecule has 0 aromatic heterocycles. The zero-order valence-corrected chi connectivity index (χ0v) is 21.3. The Morgan fingerprint density at radius 1 is 1.08 bits per heavy atom. The van der Waals surface area contributed by atoms with E-state index in [-0.39, 0.29) is 18.3 Å². The summed E-state index contributed by atoms with van der Waals surface area (Å²) in [5, 5.41) is 13.9. The number of hydrogen-bond donors (Lipinski definition) is 2. The Morgan fingerprint density at radius 2 is 1.79 bits per heavy atom. The number of alkyl halides is 3. The Hall–Kier alpha value is -3.60. The highest BCUT2D eigenvalue weighted by molar-refractivity contribution is 6.32. The van der Waals surface area contributed by atoms with Gasteiger partial charge in [-0.05, 0) is 65.9 Å². The summed E-state index contributed by atoms with van der Waals surface area (Å²) in [6.45, 7) is 0.963. The van der Waals surface area contributed by atoms with Gasteiger partial charge in [0, 0.05) is 13.1 Å². The largest absolute Gasteiger partial charge is 0.491 e. The molecule has 39 heavy (non-hydrogen) atoms. The molecule has 0 radical (unpaired) electrons. The summed E-state index contributed by atoms with van der Waals surface area (Å²) in [5.74, 6) is -2.67. The Morgan fingerprint density at radius 3 is 2.51 bits per heavy atom. The number of para-hydroxylation sites is 1. The van der Waals surface area contributed by atoms with Crippen LogP contribution in [0, 0.1) is 0 Å². The molecule has 3 aromatic rings. The van der Waals surface area contributed by atoms with Crippen molar-refractivity contribution in [2.75, 3.05) is 19.7 Å². The van der Waals surface area contributed by atoms with Gasteiger partial charge in [0.15, 0.2) is 0 Å². The molecule has 11 heteroatoms. The number of aliphatic hydroxyl groups is 1. The van der Waals surface area contributed by atoms with Crippen molar-refractivity contribution in [3.63, 3.8) is 0 Å². The van der Waals surface area contributed by atoms with Crippen molar-refractivity contribution >= 4 is 23.5 Å². The lowest BCUT2D eigenvalue weighted by Gasteiger charge is -2.27. The third-order valence-electron chi connectivity index (χ3n) is 5.98. The second-order valence-electron chi connectivity index (χ2n) is 8.91. The molecule has 0 unspecified atom stereocenters. The van der Waals surface area contributed by atoms with Crippen LogP contribution in [0.3, 0.4) is 0 Å². The Kier molecular flexibility index (Phi) is 9.11. The van der Waals surface area contributed by atoms with Crippen molar-refractivity contribution < 1.29 is 42.1 Å². The molecular formula is C28H25ClF3NO6. The van der Waals surface area contributed by atoms with Gasteiger partial charge < -0.3 is 24.6 Å².